The standard InChI is InChI=1S/C19H23N3O3/c1-24-15-6-3-5-14(16(15)25-2)18(23)22-10-4-8-19(12-22)9-7-13-11-20-21-17(13)19/h3,5-6,11H,4,7-10,12H2,1-2H3,(H,20,21). The predicted molar refractivity (Wildman–Crippen MR) is 93.3 cm³/mol. The van der Waals surface area contributed by atoms with Gasteiger partial charge in [0.05, 0.1) is 26.0 Å². The first kappa shape index (κ1) is 16.0. The van der Waals surface area contributed by atoms with Crippen molar-refractivity contribution in [3.05, 3.63) is 41.2 Å². The van der Waals surface area contributed by atoms with Crippen LogP contribution in [0.3, 0.4) is 0 Å². The van der Waals surface area contributed by atoms with Crippen LogP contribution in [0.2, 0.25) is 0 Å². The Balaban J connectivity index is 1.64. The molecule has 132 valence electrons. The van der Waals surface area contributed by atoms with E-state index in [0.29, 0.717) is 17.1 Å². The number of fused-ring (bicyclic) bond motifs is 2. The molecule has 6 heteroatoms. The first-order valence-electron chi connectivity index (χ1n) is 8.71. The number of rotatable bonds is 3. The highest BCUT2D eigenvalue weighted by Gasteiger charge is 2.44. The minimum absolute atomic E-state index is 0.00258. The van der Waals surface area contributed by atoms with Crippen LogP contribution < -0.4 is 9.47 Å². The summed E-state index contributed by atoms with van der Waals surface area (Å²) in [7, 11) is 3.15. The van der Waals surface area contributed by atoms with Crippen LogP contribution in [-0.2, 0) is 11.8 Å². The minimum Gasteiger partial charge on any atom is -0.493 e. The first-order valence-corrected chi connectivity index (χ1v) is 8.71. The highest BCUT2D eigenvalue weighted by Crippen LogP contribution is 2.44. The number of aryl methyl sites for hydroxylation is 1. The summed E-state index contributed by atoms with van der Waals surface area (Å²) in [5.41, 5.74) is 3.10. The second kappa shape index (κ2) is 6.10. The van der Waals surface area contributed by atoms with Crippen LogP contribution in [0.1, 0.15) is 40.9 Å². The molecule has 1 aromatic heterocycles. The molecule has 2 aliphatic rings. The number of likely N-dealkylation sites (tertiary alicyclic amines) is 1. The van der Waals surface area contributed by atoms with Crippen LogP contribution in [0.25, 0.3) is 0 Å². The average Bonchev–Trinajstić information content (AvgIpc) is 3.25. The Morgan fingerprint density at radius 3 is 2.96 bits per heavy atom. The molecule has 1 aliphatic carbocycles. The number of amides is 1. The second-order valence-electron chi connectivity index (χ2n) is 6.92. The molecule has 0 radical (unpaired) electrons. The van der Waals surface area contributed by atoms with E-state index in [-0.39, 0.29) is 11.3 Å². The molecule has 6 nitrogen and oxygen atoms in total. The van der Waals surface area contributed by atoms with Gasteiger partial charge in [-0.25, -0.2) is 0 Å². The number of nitrogens with one attached hydrogen (secondary N) is 1. The van der Waals surface area contributed by atoms with Crippen molar-refractivity contribution in [3.63, 3.8) is 0 Å². The second-order valence-corrected chi connectivity index (χ2v) is 6.92. The van der Waals surface area contributed by atoms with Crippen molar-refractivity contribution in [1.29, 1.82) is 0 Å². The summed E-state index contributed by atoms with van der Waals surface area (Å²) in [6.45, 7) is 1.49. The number of hydrogen-bond acceptors (Lipinski definition) is 4. The Labute approximate surface area is 147 Å². The van der Waals surface area contributed by atoms with E-state index >= 15 is 0 Å². The molecule has 1 amide bonds. The molecule has 2 heterocycles. The summed E-state index contributed by atoms with van der Waals surface area (Å²) in [6, 6.07) is 5.44. The molecule has 1 atom stereocenters. The van der Waals surface area contributed by atoms with Crippen molar-refractivity contribution < 1.29 is 14.3 Å². The maximum Gasteiger partial charge on any atom is 0.257 e. The number of methoxy groups -OCH3 is 2. The van der Waals surface area contributed by atoms with Crippen molar-refractivity contribution >= 4 is 5.91 Å². The maximum absolute atomic E-state index is 13.2. The average molecular weight is 341 g/mol. The highest BCUT2D eigenvalue weighted by atomic mass is 16.5. The molecule has 2 aromatic rings. The van der Waals surface area contributed by atoms with Crippen molar-refractivity contribution in [2.75, 3.05) is 27.3 Å². The van der Waals surface area contributed by atoms with E-state index in [4.69, 9.17) is 9.47 Å². The zero-order chi connectivity index (χ0) is 17.4. The van der Waals surface area contributed by atoms with Crippen molar-refractivity contribution in [3.8, 4) is 11.5 Å². The molecular weight excluding hydrogens is 318 g/mol. The molecule has 1 N–H and O–H groups in total. The number of aromatic nitrogens is 2. The van der Waals surface area contributed by atoms with Gasteiger partial charge < -0.3 is 14.4 Å². The third kappa shape index (κ3) is 2.47. The quantitative estimate of drug-likeness (QED) is 0.932. The number of carbonyl (C=O) groups excluding carboxylic acids is 1. The Morgan fingerprint density at radius 2 is 2.16 bits per heavy atom. The molecule has 0 bridgehead atoms. The Hall–Kier alpha value is -2.50. The fraction of sp³-hybridized carbons (Fsp3) is 0.474. The van der Waals surface area contributed by atoms with Crippen molar-refractivity contribution in [1.82, 2.24) is 15.1 Å². The van der Waals surface area contributed by atoms with E-state index in [0.717, 1.165) is 38.8 Å². The molecule has 4 rings (SSSR count). The third-order valence-corrected chi connectivity index (χ3v) is 5.62. The number of para-hydroxylation sites is 1. The van der Waals surface area contributed by atoms with Gasteiger partial charge in [-0.05, 0) is 43.4 Å². The summed E-state index contributed by atoms with van der Waals surface area (Å²) < 4.78 is 10.8. The summed E-state index contributed by atoms with van der Waals surface area (Å²) in [4.78, 5) is 15.2. The van der Waals surface area contributed by atoms with Gasteiger partial charge in [-0.15, -0.1) is 0 Å². The molecule has 25 heavy (non-hydrogen) atoms. The number of benzene rings is 1. The lowest BCUT2D eigenvalue weighted by Crippen LogP contribution is -2.47. The van der Waals surface area contributed by atoms with Gasteiger partial charge in [-0.2, -0.15) is 5.10 Å². The number of ether oxygens (including phenoxy) is 2. The monoisotopic (exact) mass is 341 g/mol. The number of H-pyrrole nitrogens is 1. The summed E-state index contributed by atoms with van der Waals surface area (Å²) in [6.07, 6.45) is 6.14. The van der Waals surface area contributed by atoms with Crippen LogP contribution in [0, 0.1) is 0 Å². The lowest BCUT2D eigenvalue weighted by Gasteiger charge is -2.40. The number of nitrogens with zero attached hydrogens (tertiary/aromatic N) is 2. The summed E-state index contributed by atoms with van der Waals surface area (Å²) in [5, 5.41) is 7.39. The largest absolute Gasteiger partial charge is 0.493 e. The van der Waals surface area contributed by atoms with Gasteiger partial charge in [0.1, 0.15) is 0 Å². The topological polar surface area (TPSA) is 67.5 Å². The van der Waals surface area contributed by atoms with Crippen LogP contribution in [0.15, 0.2) is 24.4 Å². The van der Waals surface area contributed by atoms with Gasteiger partial charge in [0.25, 0.3) is 5.91 Å². The number of hydrogen-bond donors (Lipinski definition) is 1. The van der Waals surface area contributed by atoms with Gasteiger partial charge in [0.2, 0.25) is 0 Å². The molecule has 1 spiro atoms. The molecular formula is C19H23N3O3. The van der Waals surface area contributed by atoms with E-state index in [2.05, 4.69) is 10.2 Å². The predicted octanol–water partition coefficient (Wildman–Crippen LogP) is 2.55. The first-order chi connectivity index (χ1) is 12.2. The van der Waals surface area contributed by atoms with Gasteiger partial charge in [-0.1, -0.05) is 6.07 Å². The SMILES string of the molecule is COc1cccc(C(=O)N2CCCC3(CCc4cn[nH]c43)C2)c1OC. The maximum atomic E-state index is 13.2. The summed E-state index contributed by atoms with van der Waals surface area (Å²) in [5.74, 6) is 1.09. The van der Waals surface area contributed by atoms with Crippen LogP contribution in [0.5, 0.6) is 11.5 Å². The van der Waals surface area contributed by atoms with Crippen molar-refractivity contribution in [2.45, 2.75) is 31.1 Å². The molecule has 0 saturated carbocycles. The Bertz CT molecular complexity index is 801. The van der Waals surface area contributed by atoms with Gasteiger partial charge in [0.15, 0.2) is 11.5 Å². The van der Waals surface area contributed by atoms with E-state index in [1.165, 1.54) is 11.3 Å². The smallest absolute Gasteiger partial charge is 0.257 e. The highest BCUT2D eigenvalue weighted by molar-refractivity contribution is 5.98. The zero-order valence-corrected chi connectivity index (χ0v) is 14.7. The molecule has 1 saturated heterocycles. The van der Waals surface area contributed by atoms with Gasteiger partial charge >= 0.3 is 0 Å². The zero-order valence-electron chi connectivity index (χ0n) is 14.7. The van der Waals surface area contributed by atoms with Gasteiger partial charge in [0, 0.05) is 24.2 Å². The van der Waals surface area contributed by atoms with E-state index in [1.54, 1.807) is 26.4 Å². The van der Waals surface area contributed by atoms with Crippen LogP contribution in [0.4, 0.5) is 0 Å². The summed E-state index contributed by atoms with van der Waals surface area (Å²) >= 11 is 0. The molecule has 1 aromatic carbocycles. The normalized spacial score (nSPS) is 22.1. The molecule has 1 aliphatic heterocycles. The minimum atomic E-state index is 0.00258. The van der Waals surface area contributed by atoms with E-state index < -0.39 is 0 Å². The van der Waals surface area contributed by atoms with Crippen LogP contribution >= 0.6 is 0 Å². The lowest BCUT2D eigenvalue weighted by molar-refractivity contribution is 0.0629. The lowest BCUT2D eigenvalue weighted by atomic mass is 9.77. The Kier molecular flexibility index (Phi) is 3.90. The van der Waals surface area contributed by atoms with E-state index in [1.807, 2.05) is 17.2 Å². The number of carbonyl (C=O) groups is 1. The van der Waals surface area contributed by atoms with Crippen LogP contribution in [-0.4, -0.2) is 48.3 Å². The third-order valence-electron chi connectivity index (χ3n) is 5.62. The molecule has 1 unspecified atom stereocenters. The number of piperidine rings is 1. The Morgan fingerprint density at radius 1 is 1.28 bits per heavy atom. The fourth-order valence-electron chi connectivity index (χ4n) is 4.40. The van der Waals surface area contributed by atoms with E-state index in [9.17, 15) is 4.79 Å². The fourth-order valence-corrected chi connectivity index (χ4v) is 4.40. The van der Waals surface area contributed by atoms with Crippen molar-refractivity contribution in [2.24, 2.45) is 0 Å². The van der Waals surface area contributed by atoms with Gasteiger partial charge in [-0.3, -0.25) is 9.89 Å². The molecule has 1 fully saturated rings. The number of aromatic amines is 1.